The van der Waals surface area contributed by atoms with Gasteiger partial charge in [-0.15, -0.1) is 23.1 Å². The average molecular weight is 520 g/mol. The highest BCUT2D eigenvalue weighted by atomic mass is 35.5. The molecule has 1 aromatic carbocycles. The highest BCUT2D eigenvalue weighted by molar-refractivity contribution is 8.01. The van der Waals surface area contributed by atoms with E-state index in [1.165, 1.54) is 4.21 Å². The molecule has 6 nitrogen and oxygen atoms in total. The summed E-state index contributed by atoms with van der Waals surface area (Å²) >= 11 is 10.1. The molecule has 0 saturated carbocycles. The number of likely N-dealkylation sites (tertiary alicyclic amines) is 1. The van der Waals surface area contributed by atoms with Crippen molar-refractivity contribution in [3.63, 3.8) is 0 Å². The summed E-state index contributed by atoms with van der Waals surface area (Å²) in [6.45, 7) is 2.42. The van der Waals surface area contributed by atoms with Gasteiger partial charge in [-0.25, -0.2) is 0 Å². The number of ether oxygens (including phenoxy) is 1. The molecule has 34 heavy (non-hydrogen) atoms. The summed E-state index contributed by atoms with van der Waals surface area (Å²) in [5, 5.41) is 13.4. The molecule has 1 aliphatic rings. The van der Waals surface area contributed by atoms with Crippen LogP contribution in [0.2, 0.25) is 5.02 Å². The fourth-order valence-electron chi connectivity index (χ4n) is 4.73. The first-order chi connectivity index (χ1) is 16.5. The van der Waals surface area contributed by atoms with Gasteiger partial charge in [0.2, 0.25) is 0 Å². The number of hydrogen-bond acceptors (Lipinski definition) is 7. The predicted molar refractivity (Wildman–Crippen MR) is 140 cm³/mol. The van der Waals surface area contributed by atoms with Crippen LogP contribution in [0.5, 0.6) is 5.75 Å². The number of nitrogens with two attached hydrogens (primary N) is 1. The van der Waals surface area contributed by atoms with Crippen LogP contribution in [0.25, 0.3) is 10.9 Å². The fourth-order valence-corrected chi connectivity index (χ4v) is 6.88. The number of nitrogens with zero attached hydrogens (tertiary/aromatic N) is 2. The minimum Gasteiger partial charge on any atom is -0.497 e. The number of thioether (sulfide) groups is 1. The second-order valence-electron chi connectivity index (χ2n) is 8.66. The number of pyridine rings is 1. The normalized spacial score (nSPS) is 19.9. The molecule has 0 bridgehead atoms. The highest BCUT2D eigenvalue weighted by Crippen LogP contribution is 2.36. The van der Waals surface area contributed by atoms with Gasteiger partial charge in [0, 0.05) is 36.5 Å². The van der Waals surface area contributed by atoms with Gasteiger partial charge in [-0.1, -0.05) is 17.7 Å². The van der Waals surface area contributed by atoms with E-state index in [-0.39, 0.29) is 17.9 Å². The summed E-state index contributed by atoms with van der Waals surface area (Å²) in [5.74, 6) is 0.704. The molecule has 1 aliphatic heterocycles. The van der Waals surface area contributed by atoms with Gasteiger partial charge in [0.1, 0.15) is 5.75 Å². The third-order valence-corrected chi connectivity index (χ3v) is 9.00. The molecule has 3 heterocycles. The molecule has 0 radical (unpaired) electrons. The SMILES string of the molecule is COc1ccc2ncc(Cl)c(C(N)CCC3CCN(CCSc4cccs4)CC3C(=O)O)c2c1. The number of fused-ring (bicyclic) bond motifs is 1. The van der Waals surface area contributed by atoms with E-state index < -0.39 is 5.97 Å². The van der Waals surface area contributed by atoms with Crippen molar-refractivity contribution in [2.45, 2.75) is 29.5 Å². The van der Waals surface area contributed by atoms with E-state index in [4.69, 9.17) is 22.1 Å². The number of benzene rings is 1. The van der Waals surface area contributed by atoms with Crippen molar-refractivity contribution in [1.29, 1.82) is 0 Å². The van der Waals surface area contributed by atoms with Crippen LogP contribution in [0.3, 0.4) is 0 Å². The van der Waals surface area contributed by atoms with E-state index in [1.54, 1.807) is 24.6 Å². The summed E-state index contributed by atoms with van der Waals surface area (Å²) in [6, 6.07) is 9.55. The number of methoxy groups -OCH3 is 1. The monoisotopic (exact) mass is 519 g/mol. The summed E-state index contributed by atoms with van der Waals surface area (Å²) < 4.78 is 6.67. The predicted octanol–water partition coefficient (Wildman–Crippen LogP) is 5.55. The Balaban J connectivity index is 1.38. The van der Waals surface area contributed by atoms with Crippen LogP contribution >= 0.6 is 34.7 Å². The maximum Gasteiger partial charge on any atom is 0.308 e. The zero-order valence-electron chi connectivity index (χ0n) is 19.2. The molecule has 182 valence electrons. The zero-order valence-corrected chi connectivity index (χ0v) is 21.5. The Morgan fingerprint density at radius 1 is 1.44 bits per heavy atom. The van der Waals surface area contributed by atoms with Crippen molar-refractivity contribution in [3.05, 3.63) is 52.5 Å². The van der Waals surface area contributed by atoms with Crippen molar-refractivity contribution in [2.24, 2.45) is 17.6 Å². The molecule has 0 spiro atoms. The lowest BCUT2D eigenvalue weighted by molar-refractivity contribution is -0.146. The maximum atomic E-state index is 12.1. The molecular formula is C25H30ClN3O3S2. The van der Waals surface area contributed by atoms with Crippen molar-refractivity contribution >= 4 is 51.6 Å². The second-order valence-corrected chi connectivity index (χ2v) is 11.4. The Morgan fingerprint density at radius 3 is 3.03 bits per heavy atom. The number of piperidine rings is 1. The van der Waals surface area contributed by atoms with E-state index >= 15 is 0 Å². The van der Waals surface area contributed by atoms with E-state index in [0.29, 0.717) is 18.0 Å². The molecule has 9 heteroatoms. The molecule has 3 aromatic rings. The molecule has 3 N–H and O–H groups in total. The van der Waals surface area contributed by atoms with Crippen LogP contribution in [-0.2, 0) is 4.79 Å². The van der Waals surface area contributed by atoms with E-state index in [0.717, 1.165) is 53.9 Å². The first kappa shape index (κ1) is 25.3. The Hall–Kier alpha value is -1.84. The third kappa shape index (κ3) is 6.04. The van der Waals surface area contributed by atoms with E-state index in [2.05, 4.69) is 27.4 Å². The molecule has 2 aromatic heterocycles. The number of carboxylic acid groups (broad SMARTS) is 1. The Bertz CT molecular complexity index is 1110. The van der Waals surface area contributed by atoms with Gasteiger partial charge in [-0.3, -0.25) is 9.78 Å². The molecule has 4 rings (SSSR count). The van der Waals surface area contributed by atoms with Crippen molar-refractivity contribution in [2.75, 3.05) is 32.5 Å². The first-order valence-electron chi connectivity index (χ1n) is 11.5. The molecular weight excluding hydrogens is 490 g/mol. The van der Waals surface area contributed by atoms with Crippen LogP contribution in [-0.4, -0.2) is 53.5 Å². The average Bonchev–Trinajstić information content (AvgIpc) is 3.36. The number of rotatable bonds is 10. The molecule has 0 aliphatic carbocycles. The summed E-state index contributed by atoms with van der Waals surface area (Å²) in [5.41, 5.74) is 8.28. The molecule has 3 atom stereocenters. The molecule has 0 amide bonds. The number of hydrogen-bond donors (Lipinski definition) is 2. The molecule has 1 fully saturated rings. The van der Waals surface area contributed by atoms with Crippen LogP contribution in [0.1, 0.15) is 30.9 Å². The Kier molecular flexibility index (Phi) is 8.71. The van der Waals surface area contributed by atoms with Crippen LogP contribution in [0.15, 0.2) is 46.1 Å². The minimum absolute atomic E-state index is 0.103. The molecule has 1 saturated heterocycles. The fraction of sp³-hybridized carbons (Fsp3) is 0.440. The van der Waals surface area contributed by atoms with Gasteiger partial charge < -0.3 is 20.5 Å². The van der Waals surface area contributed by atoms with E-state index in [9.17, 15) is 9.90 Å². The van der Waals surface area contributed by atoms with Crippen LogP contribution < -0.4 is 10.5 Å². The largest absolute Gasteiger partial charge is 0.497 e. The number of aliphatic carboxylic acids is 1. The first-order valence-corrected chi connectivity index (χ1v) is 13.7. The minimum atomic E-state index is -0.716. The lowest BCUT2D eigenvalue weighted by Crippen LogP contribution is -2.44. The standard InChI is InChI=1S/C25H30ClN3O3S2/c1-32-17-5-7-22-18(13-17)24(20(26)14-28-22)21(27)6-4-16-8-9-29(15-19(16)25(30)31)10-12-34-23-3-2-11-33-23/h2-3,5,7,11,13-14,16,19,21H,4,6,8-10,12,15,27H2,1H3,(H,30,31). The van der Waals surface area contributed by atoms with Crippen molar-refractivity contribution in [1.82, 2.24) is 9.88 Å². The Labute approximate surface area is 213 Å². The van der Waals surface area contributed by atoms with Crippen molar-refractivity contribution in [3.8, 4) is 5.75 Å². The number of carboxylic acids is 1. The van der Waals surface area contributed by atoms with Gasteiger partial charge in [-0.2, -0.15) is 0 Å². The number of carbonyl (C=O) groups is 1. The summed E-state index contributed by atoms with van der Waals surface area (Å²) in [6.07, 6.45) is 3.92. The smallest absolute Gasteiger partial charge is 0.308 e. The topological polar surface area (TPSA) is 88.7 Å². The lowest BCUT2D eigenvalue weighted by atomic mass is 9.81. The van der Waals surface area contributed by atoms with Gasteiger partial charge >= 0.3 is 5.97 Å². The van der Waals surface area contributed by atoms with Gasteiger partial charge in [0.15, 0.2) is 0 Å². The van der Waals surface area contributed by atoms with Gasteiger partial charge in [-0.05, 0) is 66.9 Å². The lowest BCUT2D eigenvalue weighted by Gasteiger charge is -2.37. The quantitative estimate of drug-likeness (QED) is 0.339. The number of thiophene rings is 1. The van der Waals surface area contributed by atoms with Crippen LogP contribution in [0.4, 0.5) is 0 Å². The van der Waals surface area contributed by atoms with Crippen LogP contribution in [0, 0.1) is 11.8 Å². The van der Waals surface area contributed by atoms with Gasteiger partial charge in [0.25, 0.3) is 0 Å². The zero-order chi connectivity index (χ0) is 24.1. The summed E-state index contributed by atoms with van der Waals surface area (Å²) in [4.78, 5) is 18.8. The third-order valence-electron chi connectivity index (χ3n) is 6.59. The van der Waals surface area contributed by atoms with E-state index in [1.807, 2.05) is 30.0 Å². The number of halogens is 1. The van der Waals surface area contributed by atoms with Crippen molar-refractivity contribution < 1.29 is 14.6 Å². The Morgan fingerprint density at radius 2 is 2.29 bits per heavy atom. The summed E-state index contributed by atoms with van der Waals surface area (Å²) in [7, 11) is 1.62. The maximum absolute atomic E-state index is 12.1. The number of aromatic nitrogens is 1. The van der Waals surface area contributed by atoms with Gasteiger partial charge in [0.05, 0.1) is 27.8 Å². The molecule has 3 unspecified atom stereocenters. The second kappa shape index (κ2) is 11.7. The highest BCUT2D eigenvalue weighted by Gasteiger charge is 2.34.